The van der Waals surface area contributed by atoms with Crippen LogP contribution in [-0.4, -0.2) is 17.0 Å². The van der Waals surface area contributed by atoms with E-state index < -0.39 is 0 Å². The van der Waals surface area contributed by atoms with E-state index >= 15 is 0 Å². The van der Waals surface area contributed by atoms with Gasteiger partial charge in [-0.2, -0.15) is 0 Å². The van der Waals surface area contributed by atoms with Crippen LogP contribution in [0.3, 0.4) is 0 Å². The van der Waals surface area contributed by atoms with Crippen molar-refractivity contribution in [3.05, 3.63) is 70.9 Å². The Bertz CT molecular complexity index is 878. The number of nitrogens with one attached hydrogen (secondary N) is 1. The van der Waals surface area contributed by atoms with Crippen molar-refractivity contribution >= 4 is 16.8 Å². The van der Waals surface area contributed by atoms with Gasteiger partial charge in [-0.15, -0.1) is 0 Å². The van der Waals surface area contributed by atoms with E-state index in [1.807, 2.05) is 34.9 Å². The zero-order valence-electron chi connectivity index (χ0n) is 13.3. The van der Waals surface area contributed by atoms with E-state index in [0.717, 1.165) is 36.3 Å². The van der Waals surface area contributed by atoms with Gasteiger partial charge in [-0.1, -0.05) is 42.0 Å². The fraction of sp³-hybridized carbons (Fsp3) is 0.250. The Morgan fingerprint density at radius 2 is 2.00 bits per heavy atom. The zero-order valence-corrected chi connectivity index (χ0v) is 13.3. The van der Waals surface area contributed by atoms with Crippen molar-refractivity contribution in [1.82, 2.24) is 9.88 Å². The number of nitrogens with zero attached hydrogens (tertiary/aromatic N) is 1. The molecule has 23 heavy (non-hydrogen) atoms. The first-order valence-corrected chi connectivity index (χ1v) is 8.14. The molecular weight excluding hydrogens is 284 g/mol. The maximum atomic E-state index is 13.0. The molecule has 1 aliphatic heterocycles. The van der Waals surface area contributed by atoms with Gasteiger partial charge in [-0.25, -0.2) is 0 Å². The van der Waals surface area contributed by atoms with Gasteiger partial charge in [0, 0.05) is 17.6 Å². The highest BCUT2D eigenvalue weighted by atomic mass is 16.2. The molecule has 0 radical (unpaired) electrons. The van der Waals surface area contributed by atoms with Crippen molar-refractivity contribution in [2.75, 3.05) is 6.54 Å². The van der Waals surface area contributed by atoms with E-state index in [-0.39, 0.29) is 5.91 Å². The molecule has 3 aromatic rings. The molecule has 1 aromatic heterocycles. The van der Waals surface area contributed by atoms with Crippen LogP contribution in [0.15, 0.2) is 48.5 Å². The SMILES string of the molecule is Cc1ccc2c(c1)c1c(n2C(=O)Cc2ccccc2)CNCC1. The molecule has 2 heterocycles. The Morgan fingerprint density at radius 3 is 2.83 bits per heavy atom. The molecule has 0 fully saturated rings. The molecule has 0 amide bonds. The van der Waals surface area contributed by atoms with Crippen LogP contribution in [0.5, 0.6) is 0 Å². The Morgan fingerprint density at radius 1 is 1.17 bits per heavy atom. The summed E-state index contributed by atoms with van der Waals surface area (Å²) in [4.78, 5) is 13.0. The monoisotopic (exact) mass is 304 g/mol. The Kier molecular flexibility index (Phi) is 3.50. The molecule has 2 aromatic carbocycles. The lowest BCUT2D eigenvalue weighted by molar-refractivity contribution is 0.0915. The molecule has 1 N–H and O–H groups in total. The minimum atomic E-state index is 0.148. The molecule has 0 saturated carbocycles. The Labute approximate surface area is 135 Å². The van der Waals surface area contributed by atoms with E-state index in [0.29, 0.717) is 6.42 Å². The van der Waals surface area contributed by atoms with E-state index in [2.05, 4.69) is 30.4 Å². The van der Waals surface area contributed by atoms with Crippen molar-refractivity contribution in [2.45, 2.75) is 26.3 Å². The van der Waals surface area contributed by atoms with Crippen molar-refractivity contribution in [3.8, 4) is 0 Å². The van der Waals surface area contributed by atoms with Gasteiger partial charge >= 0.3 is 0 Å². The molecule has 4 rings (SSSR count). The number of fused-ring (bicyclic) bond motifs is 3. The molecule has 0 spiro atoms. The predicted molar refractivity (Wildman–Crippen MR) is 92.9 cm³/mol. The largest absolute Gasteiger partial charge is 0.311 e. The molecule has 0 saturated heterocycles. The minimum absolute atomic E-state index is 0.148. The highest BCUT2D eigenvalue weighted by Crippen LogP contribution is 2.29. The molecule has 3 heteroatoms. The maximum Gasteiger partial charge on any atom is 0.235 e. The molecule has 0 aliphatic carbocycles. The van der Waals surface area contributed by atoms with Gasteiger partial charge in [0.05, 0.1) is 11.9 Å². The van der Waals surface area contributed by atoms with Crippen LogP contribution < -0.4 is 5.32 Å². The van der Waals surface area contributed by atoms with Gasteiger partial charge in [0.2, 0.25) is 5.91 Å². The van der Waals surface area contributed by atoms with Crippen molar-refractivity contribution in [3.63, 3.8) is 0 Å². The first-order chi connectivity index (χ1) is 11.2. The molecule has 0 unspecified atom stereocenters. The predicted octanol–water partition coefficient (Wildman–Crippen LogP) is 3.48. The number of rotatable bonds is 2. The van der Waals surface area contributed by atoms with Gasteiger partial charge in [-0.3, -0.25) is 9.36 Å². The Balaban J connectivity index is 1.84. The molecule has 1 aliphatic rings. The molecule has 3 nitrogen and oxygen atoms in total. The highest BCUT2D eigenvalue weighted by Gasteiger charge is 2.23. The number of benzene rings is 2. The fourth-order valence-corrected chi connectivity index (χ4v) is 3.54. The standard InChI is InChI=1S/C20H20N2O/c1-14-7-8-18-17(11-14)16-9-10-21-13-19(16)22(18)20(23)12-15-5-3-2-4-6-15/h2-8,11,21H,9-10,12-13H2,1H3. The van der Waals surface area contributed by atoms with Gasteiger partial charge in [0.25, 0.3) is 0 Å². The van der Waals surface area contributed by atoms with E-state index in [9.17, 15) is 4.79 Å². The van der Waals surface area contributed by atoms with Crippen molar-refractivity contribution in [2.24, 2.45) is 0 Å². The minimum Gasteiger partial charge on any atom is -0.311 e. The third-order valence-corrected chi connectivity index (χ3v) is 4.63. The van der Waals surface area contributed by atoms with Crippen LogP contribution in [-0.2, 0) is 19.4 Å². The average Bonchev–Trinajstić information content (AvgIpc) is 2.90. The summed E-state index contributed by atoms with van der Waals surface area (Å²) in [5.74, 6) is 0.148. The summed E-state index contributed by atoms with van der Waals surface area (Å²) in [6, 6.07) is 16.4. The molecule has 0 bridgehead atoms. The lowest BCUT2D eigenvalue weighted by Gasteiger charge is -2.16. The highest BCUT2D eigenvalue weighted by molar-refractivity contribution is 5.97. The normalized spacial score (nSPS) is 14.0. The maximum absolute atomic E-state index is 13.0. The van der Waals surface area contributed by atoms with Crippen LogP contribution >= 0.6 is 0 Å². The molecule has 116 valence electrons. The summed E-state index contributed by atoms with van der Waals surface area (Å²) >= 11 is 0. The summed E-state index contributed by atoms with van der Waals surface area (Å²) in [6.07, 6.45) is 1.42. The number of hydrogen-bond acceptors (Lipinski definition) is 2. The number of carbonyl (C=O) groups excluding carboxylic acids is 1. The van der Waals surface area contributed by atoms with E-state index in [4.69, 9.17) is 0 Å². The van der Waals surface area contributed by atoms with Crippen molar-refractivity contribution in [1.29, 1.82) is 0 Å². The Hall–Kier alpha value is -2.39. The summed E-state index contributed by atoms with van der Waals surface area (Å²) in [5.41, 5.74) is 5.82. The second-order valence-corrected chi connectivity index (χ2v) is 6.26. The van der Waals surface area contributed by atoms with Crippen LogP contribution in [0.25, 0.3) is 10.9 Å². The lowest BCUT2D eigenvalue weighted by Crippen LogP contribution is -2.27. The van der Waals surface area contributed by atoms with Gasteiger partial charge < -0.3 is 5.32 Å². The summed E-state index contributed by atoms with van der Waals surface area (Å²) in [5, 5.41) is 4.64. The third kappa shape index (κ3) is 2.47. The number of hydrogen-bond donors (Lipinski definition) is 1. The van der Waals surface area contributed by atoms with Gasteiger partial charge in [0.15, 0.2) is 0 Å². The van der Waals surface area contributed by atoms with Crippen molar-refractivity contribution < 1.29 is 4.79 Å². The first-order valence-electron chi connectivity index (χ1n) is 8.14. The van der Waals surface area contributed by atoms with E-state index in [1.54, 1.807) is 0 Å². The third-order valence-electron chi connectivity index (χ3n) is 4.63. The van der Waals surface area contributed by atoms with Crippen LogP contribution in [0.2, 0.25) is 0 Å². The second kappa shape index (κ2) is 5.67. The average molecular weight is 304 g/mol. The lowest BCUT2D eigenvalue weighted by atomic mass is 10.0. The second-order valence-electron chi connectivity index (χ2n) is 6.26. The zero-order chi connectivity index (χ0) is 15.8. The molecular formula is C20H20N2O. The van der Waals surface area contributed by atoms with Gasteiger partial charge in [-0.05, 0) is 43.1 Å². The number of aromatic nitrogens is 1. The van der Waals surface area contributed by atoms with Crippen LogP contribution in [0.1, 0.15) is 27.2 Å². The summed E-state index contributed by atoms with van der Waals surface area (Å²) in [6.45, 7) is 3.85. The van der Waals surface area contributed by atoms with Crippen LogP contribution in [0, 0.1) is 6.92 Å². The van der Waals surface area contributed by atoms with E-state index in [1.165, 1.54) is 16.5 Å². The topological polar surface area (TPSA) is 34.0 Å². The number of aryl methyl sites for hydroxylation is 1. The van der Waals surface area contributed by atoms with Crippen LogP contribution in [0.4, 0.5) is 0 Å². The summed E-state index contributed by atoms with van der Waals surface area (Å²) in [7, 11) is 0. The molecule has 0 atom stereocenters. The first kappa shape index (κ1) is 14.2. The number of carbonyl (C=O) groups is 1. The summed E-state index contributed by atoms with van der Waals surface area (Å²) < 4.78 is 1.93. The smallest absolute Gasteiger partial charge is 0.235 e. The van der Waals surface area contributed by atoms with Gasteiger partial charge in [0.1, 0.15) is 0 Å². The fourth-order valence-electron chi connectivity index (χ4n) is 3.54. The quantitative estimate of drug-likeness (QED) is 0.786.